The summed E-state index contributed by atoms with van der Waals surface area (Å²) in [6.07, 6.45) is 5.30. The van der Waals surface area contributed by atoms with E-state index in [4.69, 9.17) is 5.73 Å². The minimum absolute atomic E-state index is 0.0117. The molecule has 1 saturated heterocycles. The molecule has 114 valence electrons. The zero-order valence-electron chi connectivity index (χ0n) is 12.4. The third-order valence-electron chi connectivity index (χ3n) is 3.88. The number of hydrogen-bond acceptors (Lipinski definition) is 4. The number of aryl methyl sites for hydroxylation is 1. The Morgan fingerprint density at radius 3 is 2.50 bits per heavy atom. The van der Waals surface area contributed by atoms with Gasteiger partial charge in [0.15, 0.2) is 5.82 Å². The Bertz CT molecular complexity index is 557. The number of anilines is 1. The quantitative estimate of drug-likeness (QED) is 0.919. The predicted molar refractivity (Wildman–Crippen MR) is 78.7 cm³/mol. The van der Waals surface area contributed by atoms with Crippen LogP contribution in [-0.4, -0.2) is 34.6 Å². The van der Waals surface area contributed by atoms with Gasteiger partial charge >= 0.3 is 0 Å². The third-order valence-corrected chi connectivity index (χ3v) is 6.02. The Morgan fingerprint density at radius 2 is 1.95 bits per heavy atom. The van der Waals surface area contributed by atoms with E-state index in [-0.39, 0.29) is 22.8 Å². The average Bonchev–Trinajstić information content (AvgIpc) is 2.71. The van der Waals surface area contributed by atoms with Crippen molar-refractivity contribution in [1.29, 1.82) is 0 Å². The van der Waals surface area contributed by atoms with Crippen molar-refractivity contribution >= 4 is 15.8 Å². The molecule has 1 fully saturated rings. The number of hydrogen-bond donors (Lipinski definition) is 1. The molecule has 0 saturated carbocycles. The van der Waals surface area contributed by atoms with Gasteiger partial charge in [0.25, 0.3) is 0 Å². The highest BCUT2D eigenvalue weighted by Gasteiger charge is 2.37. The molecule has 2 atom stereocenters. The molecule has 0 radical (unpaired) electrons. The molecule has 0 spiro atoms. The number of nitrogens with zero attached hydrogens (tertiary/aromatic N) is 3. The maximum absolute atomic E-state index is 12.8. The fourth-order valence-electron chi connectivity index (χ4n) is 2.95. The first kappa shape index (κ1) is 15.3. The lowest BCUT2D eigenvalue weighted by molar-refractivity contribution is 0.204. The Morgan fingerprint density at radius 1 is 1.35 bits per heavy atom. The Balaban J connectivity index is 2.38. The maximum Gasteiger partial charge on any atom is 0.248 e. The van der Waals surface area contributed by atoms with Gasteiger partial charge < -0.3 is 5.73 Å². The molecule has 1 aromatic heterocycles. The van der Waals surface area contributed by atoms with Crippen LogP contribution in [0.3, 0.4) is 0 Å². The fourth-order valence-corrected chi connectivity index (χ4v) is 4.89. The van der Waals surface area contributed by atoms with E-state index in [1.54, 1.807) is 15.2 Å². The number of aromatic nitrogens is 2. The smallest absolute Gasteiger partial charge is 0.248 e. The summed E-state index contributed by atoms with van der Waals surface area (Å²) < 4.78 is 28.9. The van der Waals surface area contributed by atoms with E-state index in [9.17, 15) is 8.42 Å². The van der Waals surface area contributed by atoms with Gasteiger partial charge in [-0.25, -0.2) is 8.42 Å². The van der Waals surface area contributed by atoms with Crippen LogP contribution in [0.5, 0.6) is 0 Å². The standard InChI is InChI=1S/C13H24N4O2S/c1-4-8-16-9-12(13(14)15-16)20(18,19)17-10(2)6-5-7-11(17)3/h9-11H,4-8H2,1-3H3,(H2,14,15)/t10-,11+. The Kier molecular flexibility index (Phi) is 4.39. The Hall–Kier alpha value is -1.08. The summed E-state index contributed by atoms with van der Waals surface area (Å²) >= 11 is 0. The second kappa shape index (κ2) is 5.73. The van der Waals surface area contributed by atoms with Crippen molar-refractivity contribution in [2.75, 3.05) is 5.73 Å². The van der Waals surface area contributed by atoms with Crippen molar-refractivity contribution in [3.05, 3.63) is 6.20 Å². The van der Waals surface area contributed by atoms with Crippen LogP contribution < -0.4 is 5.73 Å². The highest BCUT2D eigenvalue weighted by molar-refractivity contribution is 7.89. The predicted octanol–water partition coefficient (Wildman–Crippen LogP) is 1.83. The number of nitrogen functional groups attached to an aromatic ring is 1. The van der Waals surface area contributed by atoms with E-state index in [0.717, 1.165) is 25.7 Å². The summed E-state index contributed by atoms with van der Waals surface area (Å²) in [7, 11) is -3.56. The van der Waals surface area contributed by atoms with E-state index in [1.807, 2.05) is 20.8 Å². The van der Waals surface area contributed by atoms with E-state index < -0.39 is 10.0 Å². The molecule has 0 aliphatic carbocycles. The molecule has 1 aliphatic heterocycles. The molecular formula is C13H24N4O2S. The molecular weight excluding hydrogens is 276 g/mol. The molecule has 0 bridgehead atoms. The summed E-state index contributed by atoms with van der Waals surface area (Å²) in [6, 6.07) is 0.0235. The first-order chi connectivity index (χ1) is 9.37. The number of sulfonamides is 1. The molecule has 1 aromatic rings. The topological polar surface area (TPSA) is 81.2 Å². The first-order valence-electron chi connectivity index (χ1n) is 7.24. The number of piperidine rings is 1. The van der Waals surface area contributed by atoms with Crippen LogP contribution in [0.15, 0.2) is 11.1 Å². The van der Waals surface area contributed by atoms with Crippen LogP contribution in [0.4, 0.5) is 5.82 Å². The monoisotopic (exact) mass is 300 g/mol. The van der Waals surface area contributed by atoms with Crippen molar-refractivity contribution in [2.24, 2.45) is 0 Å². The van der Waals surface area contributed by atoms with Gasteiger partial charge in [-0.1, -0.05) is 13.3 Å². The van der Waals surface area contributed by atoms with Crippen molar-refractivity contribution in [3.63, 3.8) is 0 Å². The molecule has 20 heavy (non-hydrogen) atoms. The van der Waals surface area contributed by atoms with Crippen LogP contribution in [0.25, 0.3) is 0 Å². The lowest BCUT2D eigenvalue weighted by atomic mass is 10.0. The minimum atomic E-state index is -3.56. The number of rotatable bonds is 4. The lowest BCUT2D eigenvalue weighted by Gasteiger charge is -2.37. The van der Waals surface area contributed by atoms with Crippen LogP contribution in [-0.2, 0) is 16.6 Å². The molecule has 6 nitrogen and oxygen atoms in total. The average molecular weight is 300 g/mol. The SMILES string of the molecule is CCCn1cc(S(=O)(=O)N2[C@H](C)CCC[C@@H]2C)c(N)n1. The van der Waals surface area contributed by atoms with Gasteiger partial charge in [0, 0.05) is 24.8 Å². The normalized spacial score (nSPS) is 24.9. The van der Waals surface area contributed by atoms with E-state index >= 15 is 0 Å². The molecule has 2 N–H and O–H groups in total. The third kappa shape index (κ3) is 2.69. The van der Waals surface area contributed by atoms with Gasteiger partial charge in [-0.05, 0) is 33.1 Å². The van der Waals surface area contributed by atoms with Crippen LogP contribution in [0, 0.1) is 0 Å². The molecule has 0 unspecified atom stereocenters. The summed E-state index contributed by atoms with van der Waals surface area (Å²) in [5, 5.41) is 4.10. The van der Waals surface area contributed by atoms with Crippen molar-refractivity contribution in [1.82, 2.24) is 14.1 Å². The number of nitrogens with two attached hydrogens (primary N) is 1. The van der Waals surface area contributed by atoms with Gasteiger partial charge in [0.05, 0.1) is 0 Å². The summed E-state index contributed by atoms with van der Waals surface area (Å²) in [5.41, 5.74) is 5.82. The fraction of sp³-hybridized carbons (Fsp3) is 0.769. The molecule has 0 aromatic carbocycles. The second-order valence-corrected chi connectivity index (χ2v) is 7.42. The van der Waals surface area contributed by atoms with Crippen molar-refractivity contribution in [2.45, 2.75) is 70.0 Å². The van der Waals surface area contributed by atoms with Gasteiger partial charge in [0.1, 0.15) is 4.90 Å². The highest BCUT2D eigenvalue weighted by atomic mass is 32.2. The van der Waals surface area contributed by atoms with Crippen molar-refractivity contribution in [3.8, 4) is 0 Å². The van der Waals surface area contributed by atoms with Gasteiger partial charge in [-0.3, -0.25) is 4.68 Å². The van der Waals surface area contributed by atoms with Crippen LogP contribution >= 0.6 is 0 Å². The summed E-state index contributed by atoms with van der Waals surface area (Å²) in [6.45, 7) is 6.60. The van der Waals surface area contributed by atoms with Gasteiger partial charge in [-0.15, -0.1) is 0 Å². The molecule has 2 rings (SSSR count). The lowest BCUT2D eigenvalue weighted by Crippen LogP contribution is -2.47. The molecule has 7 heteroatoms. The summed E-state index contributed by atoms with van der Waals surface area (Å²) in [5.74, 6) is 0.100. The Labute approximate surface area is 121 Å². The highest BCUT2D eigenvalue weighted by Crippen LogP contribution is 2.31. The molecule has 2 heterocycles. The second-order valence-electron chi connectivity index (χ2n) is 5.61. The van der Waals surface area contributed by atoms with E-state index in [1.165, 1.54) is 0 Å². The van der Waals surface area contributed by atoms with Crippen LogP contribution in [0.2, 0.25) is 0 Å². The van der Waals surface area contributed by atoms with Crippen LogP contribution in [0.1, 0.15) is 46.5 Å². The summed E-state index contributed by atoms with van der Waals surface area (Å²) in [4.78, 5) is 0.145. The zero-order chi connectivity index (χ0) is 14.9. The molecule has 1 aliphatic rings. The first-order valence-corrected chi connectivity index (χ1v) is 8.68. The minimum Gasteiger partial charge on any atom is -0.381 e. The van der Waals surface area contributed by atoms with E-state index in [0.29, 0.717) is 6.54 Å². The largest absolute Gasteiger partial charge is 0.381 e. The van der Waals surface area contributed by atoms with Crippen molar-refractivity contribution < 1.29 is 8.42 Å². The zero-order valence-corrected chi connectivity index (χ0v) is 13.2. The van der Waals surface area contributed by atoms with Gasteiger partial charge in [-0.2, -0.15) is 9.40 Å². The van der Waals surface area contributed by atoms with E-state index in [2.05, 4.69) is 5.10 Å². The van der Waals surface area contributed by atoms with Gasteiger partial charge in [0.2, 0.25) is 10.0 Å². The maximum atomic E-state index is 12.8. The molecule has 0 amide bonds.